The van der Waals surface area contributed by atoms with E-state index in [2.05, 4.69) is 10.8 Å². The lowest BCUT2D eigenvalue weighted by Gasteiger charge is -2.36. The third kappa shape index (κ3) is 1.44. The van der Waals surface area contributed by atoms with Crippen LogP contribution >= 0.6 is 0 Å². The third-order valence-electron chi connectivity index (χ3n) is 1.61. The Hall–Kier alpha value is -0.520. The first-order chi connectivity index (χ1) is 4.36. The molecule has 1 heterocycles. The first-order valence-electron chi connectivity index (χ1n) is 3.13. The van der Waals surface area contributed by atoms with Crippen molar-refractivity contribution >= 4 is 0 Å². The van der Waals surface area contributed by atoms with E-state index < -0.39 is 0 Å². The van der Waals surface area contributed by atoms with Gasteiger partial charge in [0.05, 0.1) is 6.54 Å². The van der Waals surface area contributed by atoms with Gasteiger partial charge >= 0.3 is 0 Å². The van der Waals surface area contributed by atoms with Crippen molar-refractivity contribution in [3.8, 4) is 12.3 Å². The zero-order chi connectivity index (χ0) is 6.69. The Morgan fingerprint density at radius 1 is 1.67 bits per heavy atom. The number of hydrogen-bond donors (Lipinski definition) is 1. The lowest BCUT2D eigenvalue weighted by molar-refractivity contribution is 0.0655. The molecule has 0 atom stereocenters. The minimum absolute atomic E-state index is 0.307. The highest BCUT2D eigenvalue weighted by molar-refractivity contribution is 4.92. The van der Waals surface area contributed by atoms with Crippen molar-refractivity contribution in [3.63, 3.8) is 0 Å². The summed E-state index contributed by atoms with van der Waals surface area (Å²) in [6.45, 7) is 2.99. The smallest absolute Gasteiger partial charge is 0.0599 e. The summed E-state index contributed by atoms with van der Waals surface area (Å²) in [6, 6.07) is 0. The molecule has 0 aliphatic carbocycles. The van der Waals surface area contributed by atoms with Crippen LogP contribution in [0.3, 0.4) is 0 Å². The van der Waals surface area contributed by atoms with Crippen LogP contribution in [0.2, 0.25) is 0 Å². The summed E-state index contributed by atoms with van der Waals surface area (Å²) in [5.74, 6) is 3.04. The van der Waals surface area contributed by atoms with E-state index in [1.807, 2.05) is 0 Å². The lowest BCUT2D eigenvalue weighted by atomic mass is 10.0. The fraction of sp³-hybridized carbons (Fsp3) is 0.714. The van der Waals surface area contributed by atoms with Crippen molar-refractivity contribution in [2.24, 2.45) is 5.92 Å². The molecule has 0 aromatic carbocycles. The number of aliphatic hydroxyl groups excluding tert-OH is 1. The normalized spacial score (nSPS) is 20.9. The van der Waals surface area contributed by atoms with Gasteiger partial charge in [-0.3, -0.25) is 4.90 Å². The number of rotatable bonds is 2. The Bertz CT molecular complexity index is 121. The maximum atomic E-state index is 8.59. The second-order valence-electron chi connectivity index (χ2n) is 2.45. The van der Waals surface area contributed by atoms with Gasteiger partial charge in [-0.05, 0) is 0 Å². The number of terminal acetylenes is 1. The average Bonchev–Trinajstić information content (AvgIpc) is 1.77. The Balaban J connectivity index is 2.06. The molecule has 1 rings (SSSR count). The van der Waals surface area contributed by atoms with Gasteiger partial charge in [-0.2, -0.15) is 0 Å². The highest BCUT2D eigenvalue weighted by Crippen LogP contribution is 2.12. The van der Waals surface area contributed by atoms with Crippen LogP contribution in [0.1, 0.15) is 0 Å². The summed E-state index contributed by atoms with van der Waals surface area (Å²) in [7, 11) is 0. The Labute approximate surface area is 55.5 Å². The molecule has 50 valence electrons. The summed E-state index contributed by atoms with van der Waals surface area (Å²) in [5, 5.41) is 8.59. The van der Waals surface area contributed by atoms with Gasteiger partial charge in [0.2, 0.25) is 0 Å². The lowest BCUT2D eigenvalue weighted by Crippen LogP contribution is -2.48. The maximum absolute atomic E-state index is 8.59. The van der Waals surface area contributed by atoms with Crippen LogP contribution in [0.4, 0.5) is 0 Å². The quantitative estimate of drug-likeness (QED) is 0.505. The summed E-state index contributed by atoms with van der Waals surface area (Å²) in [4.78, 5) is 2.14. The third-order valence-corrected chi connectivity index (χ3v) is 1.61. The van der Waals surface area contributed by atoms with Gasteiger partial charge in [-0.1, -0.05) is 5.92 Å². The molecule has 1 fully saturated rings. The van der Waals surface area contributed by atoms with E-state index in [1.54, 1.807) is 0 Å². The Morgan fingerprint density at radius 3 is 2.78 bits per heavy atom. The highest BCUT2D eigenvalue weighted by atomic mass is 16.3. The predicted molar refractivity (Wildman–Crippen MR) is 35.8 cm³/mol. The van der Waals surface area contributed by atoms with Gasteiger partial charge in [-0.15, -0.1) is 6.42 Å². The molecule has 9 heavy (non-hydrogen) atoms. The van der Waals surface area contributed by atoms with Crippen LogP contribution in [0.5, 0.6) is 0 Å². The van der Waals surface area contributed by atoms with Gasteiger partial charge in [-0.25, -0.2) is 0 Å². The van der Waals surface area contributed by atoms with Crippen molar-refractivity contribution in [1.82, 2.24) is 4.90 Å². The van der Waals surface area contributed by atoms with E-state index in [0.29, 0.717) is 12.5 Å². The number of hydrogen-bond acceptors (Lipinski definition) is 2. The van der Waals surface area contributed by atoms with Crippen LogP contribution in [0, 0.1) is 18.3 Å². The molecule has 0 spiro atoms. The standard InChI is InChI=1S/C7H11NO/c1-2-3-8-4-7(5-8)6-9/h1,7,9H,3-6H2. The minimum Gasteiger partial charge on any atom is -0.396 e. The molecule has 1 saturated heterocycles. The van der Waals surface area contributed by atoms with Crippen LogP contribution in [0.15, 0.2) is 0 Å². The zero-order valence-electron chi connectivity index (χ0n) is 5.38. The number of nitrogens with zero attached hydrogens (tertiary/aromatic N) is 1. The van der Waals surface area contributed by atoms with Crippen molar-refractivity contribution in [2.75, 3.05) is 26.2 Å². The van der Waals surface area contributed by atoms with Gasteiger partial charge in [0.25, 0.3) is 0 Å². The first kappa shape index (κ1) is 6.60. The fourth-order valence-corrected chi connectivity index (χ4v) is 1.05. The van der Waals surface area contributed by atoms with Gasteiger partial charge in [0.1, 0.15) is 0 Å². The van der Waals surface area contributed by atoms with Crippen LogP contribution < -0.4 is 0 Å². The molecule has 0 radical (unpaired) electrons. The molecule has 1 N–H and O–H groups in total. The molecular weight excluding hydrogens is 114 g/mol. The van der Waals surface area contributed by atoms with E-state index >= 15 is 0 Å². The fourth-order valence-electron chi connectivity index (χ4n) is 1.05. The molecule has 0 saturated carbocycles. The van der Waals surface area contributed by atoms with Gasteiger partial charge in [0, 0.05) is 25.6 Å². The molecule has 0 aromatic rings. The van der Waals surface area contributed by atoms with Crippen molar-refractivity contribution in [2.45, 2.75) is 0 Å². The zero-order valence-corrected chi connectivity index (χ0v) is 5.38. The number of likely N-dealkylation sites (tertiary alicyclic amines) is 1. The Morgan fingerprint density at radius 2 is 2.33 bits per heavy atom. The van der Waals surface area contributed by atoms with Crippen molar-refractivity contribution < 1.29 is 5.11 Å². The number of aliphatic hydroxyl groups is 1. The molecule has 0 amide bonds. The molecule has 0 unspecified atom stereocenters. The van der Waals surface area contributed by atoms with E-state index in [9.17, 15) is 0 Å². The molecule has 1 aliphatic heterocycles. The first-order valence-corrected chi connectivity index (χ1v) is 3.13. The molecule has 1 aliphatic rings. The van der Waals surface area contributed by atoms with Crippen molar-refractivity contribution in [1.29, 1.82) is 0 Å². The van der Waals surface area contributed by atoms with Crippen LogP contribution in [0.25, 0.3) is 0 Å². The average molecular weight is 125 g/mol. The van der Waals surface area contributed by atoms with Crippen LogP contribution in [-0.2, 0) is 0 Å². The minimum atomic E-state index is 0.307. The largest absolute Gasteiger partial charge is 0.396 e. The Kier molecular flexibility index (Phi) is 2.10. The second kappa shape index (κ2) is 2.86. The van der Waals surface area contributed by atoms with E-state index in [0.717, 1.165) is 19.6 Å². The second-order valence-corrected chi connectivity index (χ2v) is 2.45. The van der Waals surface area contributed by atoms with Crippen molar-refractivity contribution in [3.05, 3.63) is 0 Å². The van der Waals surface area contributed by atoms with Gasteiger partial charge in [0.15, 0.2) is 0 Å². The molecular formula is C7H11NO. The molecule has 0 bridgehead atoms. The summed E-state index contributed by atoms with van der Waals surface area (Å²) < 4.78 is 0. The maximum Gasteiger partial charge on any atom is 0.0599 e. The monoisotopic (exact) mass is 125 g/mol. The SMILES string of the molecule is C#CCN1CC(CO)C1. The van der Waals surface area contributed by atoms with Crippen LogP contribution in [-0.4, -0.2) is 36.2 Å². The van der Waals surface area contributed by atoms with E-state index in [-0.39, 0.29) is 0 Å². The van der Waals surface area contributed by atoms with Gasteiger partial charge < -0.3 is 5.11 Å². The topological polar surface area (TPSA) is 23.5 Å². The summed E-state index contributed by atoms with van der Waals surface area (Å²) in [5.41, 5.74) is 0. The summed E-state index contributed by atoms with van der Waals surface area (Å²) >= 11 is 0. The highest BCUT2D eigenvalue weighted by Gasteiger charge is 2.24. The predicted octanol–water partition coefficient (Wildman–Crippen LogP) is -0.456. The molecule has 2 heteroatoms. The molecule has 2 nitrogen and oxygen atoms in total. The van der Waals surface area contributed by atoms with E-state index in [4.69, 9.17) is 11.5 Å². The molecule has 0 aromatic heterocycles. The summed E-state index contributed by atoms with van der Waals surface area (Å²) in [6.07, 6.45) is 5.07. The van der Waals surface area contributed by atoms with E-state index in [1.165, 1.54) is 0 Å².